The van der Waals surface area contributed by atoms with Crippen LogP contribution in [0.15, 0.2) is 60.7 Å². The quantitative estimate of drug-likeness (QED) is 0.103. The number of hydrogen-bond donors (Lipinski definition) is 2. The summed E-state index contributed by atoms with van der Waals surface area (Å²) in [5.74, 6) is -4.96. The maximum Gasteiger partial charge on any atom is 0.407 e. The topological polar surface area (TPSA) is 222 Å². The summed E-state index contributed by atoms with van der Waals surface area (Å²) in [5.41, 5.74) is 1.68. The zero-order chi connectivity index (χ0) is 57.6. The van der Waals surface area contributed by atoms with Crippen LogP contribution in [0.4, 0.5) is 9.59 Å². The number of rotatable bonds is 14. The molecule has 436 valence electrons. The van der Waals surface area contributed by atoms with E-state index in [4.69, 9.17) is 65.7 Å². The van der Waals surface area contributed by atoms with Gasteiger partial charge in [-0.05, 0) is 103 Å². The zero-order valence-electron chi connectivity index (χ0n) is 48.9. The summed E-state index contributed by atoms with van der Waals surface area (Å²) in [6, 6.07) is 18.6. The summed E-state index contributed by atoms with van der Waals surface area (Å²) < 4.78 is 86.4. The molecule has 4 saturated heterocycles. The molecule has 20 nitrogen and oxygen atoms in total. The van der Waals surface area contributed by atoms with Crippen molar-refractivity contribution in [3.63, 3.8) is 0 Å². The van der Waals surface area contributed by atoms with Gasteiger partial charge in [0.25, 0.3) is 0 Å². The highest BCUT2D eigenvalue weighted by molar-refractivity contribution is 6.74. The molecule has 8 rings (SSSR count). The van der Waals surface area contributed by atoms with E-state index in [0.717, 1.165) is 11.1 Å². The molecule has 2 N–H and O–H groups in total. The van der Waals surface area contributed by atoms with E-state index in [2.05, 4.69) is 78.4 Å². The summed E-state index contributed by atoms with van der Waals surface area (Å²) in [6.07, 6.45) is -8.86. The molecule has 4 heterocycles. The molecule has 4 aliphatic heterocycles. The molecule has 6 aliphatic rings. The molecule has 0 radical (unpaired) electrons. The van der Waals surface area contributed by atoms with E-state index in [1.54, 1.807) is 0 Å². The van der Waals surface area contributed by atoms with Crippen LogP contribution in [0.1, 0.15) is 108 Å². The average molecular weight is 1130 g/mol. The minimum atomic E-state index is -2.36. The van der Waals surface area contributed by atoms with E-state index in [9.17, 15) is 19.2 Å². The fourth-order valence-electron chi connectivity index (χ4n) is 9.84. The molecule has 78 heavy (non-hydrogen) atoms. The number of fused-ring (bicyclic) bond motifs is 5. The molecule has 0 aromatic heterocycles. The smallest absolute Gasteiger partial charge is 0.407 e. The van der Waals surface area contributed by atoms with Crippen LogP contribution < -0.4 is 10.6 Å². The van der Waals surface area contributed by atoms with Gasteiger partial charge in [-0.3, -0.25) is 9.59 Å². The first-order valence-corrected chi connectivity index (χ1v) is 32.8. The van der Waals surface area contributed by atoms with Crippen molar-refractivity contribution >= 4 is 40.8 Å². The van der Waals surface area contributed by atoms with Gasteiger partial charge in [0.1, 0.15) is 87.3 Å². The Morgan fingerprint density at radius 3 is 1.06 bits per heavy atom. The van der Waals surface area contributed by atoms with Crippen LogP contribution in [0.3, 0.4) is 0 Å². The Morgan fingerprint density at radius 1 is 0.436 bits per heavy atom. The van der Waals surface area contributed by atoms with Crippen molar-refractivity contribution in [2.24, 2.45) is 0 Å². The van der Waals surface area contributed by atoms with E-state index in [1.165, 1.54) is 0 Å². The monoisotopic (exact) mass is 1130 g/mol. The molecule has 2 saturated carbocycles. The number of benzene rings is 2. The number of amides is 2. The lowest BCUT2D eigenvalue weighted by molar-refractivity contribution is -0.196. The van der Waals surface area contributed by atoms with E-state index in [1.807, 2.05) is 116 Å². The van der Waals surface area contributed by atoms with Gasteiger partial charge in [0.15, 0.2) is 52.0 Å². The Hall–Kier alpha value is -4.05. The van der Waals surface area contributed by atoms with Gasteiger partial charge in [-0.1, -0.05) is 102 Å². The normalized spacial score (nSPS) is 31.2. The molecule has 2 amide bonds. The first-order valence-electron chi connectivity index (χ1n) is 27.0. The molecule has 0 spiro atoms. The lowest BCUT2D eigenvalue weighted by atomic mass is 9.85. The molecule has 0 bridgehead atoms. The number of alkyl carbamates (subject to hydrolysis) is 2. The van der Waals surface area contributed by atoms with Crippen molar-refractivity contribution in [1.29, 1.82) is 0 Å². The number of carbonyl (C=O) groups excluding carboxylic acids is 4. The van der Waals surface area contributed by atoms with Crippen LogP contribution >= 0.6 is 0 Å². The molecule has 22 heteroatoms. The fourth-order valence-corrected chi connectivity index (χ4v) is 12.4. The number of ether oxygens (including phenoxy) is 12. The largest absolute Gasteiger partial charge is 0.455 e. The number of carbonyl (C=O) groups is 4. The van der Waals surface area contributed by atoms with E-state index >= 15 is 0 Å². The Bertz CT molecular complexity index is 2380. The van der Waals surface area contributed by atoms with Gasteiger partial charge < -0.3 is 76.3 Å². The molecule has 2 unspecified atom stereocenters. The first kappa shape index (κ1) is 61.6. The van der Waals surface area contributed by atoms with Crippen molar-refractivity contribution in [2.75, 3.05) is 13.1 Å². The second-order valence-electron chi connectivity index (χ2n) is 25.7. The summed E-state index contributed by atoms with van der Waals surface area (Å²) in [4.78, 5) is 50.4. The number of esters is 2. The third-order valence-corrected chi connectivity index (χ3v) is 24.4. The molecular formula is C56H86N2O18Si2. The highest BCUT2D eigenvalue weighted by Crippen LogP contribution is 2.51. The Balaban J connectivity index is 0.000000226. The van der Waals surface area contributed by atoms with Crippen LogP contribution in [0.25, 0.3) is 0 Å². The van der Waals surface area contributed by atoms with Crippen molar-refractivity contribution in [1.82, 2.24) is 10.6 Å². The minimum absolute atomic E-state index is 0.0495. The van der Waals surface area contributed by atoms with Crippen LogP contribution in [0.5, 0.6) is 0 Å². The highest BCUT2D eigenvalue weighted by Gasteiger charge is 2.68. The van der Waals surface area contributed by atoms with Crippen molar-refractivity contribution in [2.45, 2.75) is 243 Å². The molecule has 12 atom stereocenters. The summed E-state index contributed by atoms with van der Waals surface area (Å²) in [6.45, 7) is 35.6. The van der Waals surface area contributed by atoms with Crippen LogP contribution in [-0.4, -0.2) is 150 Å². The van der Waals surface area contributed by atoms with Gasteiger partial charge in [0, 0.05) is 0 Å². The SMILES string of the molecule is CC1(C)O[C@@H]2C(OC(=O)CNC(=O)OCc3ccccc3)[C@@H]3OC(C)(C)O[C@H]3C(O[Si](C)(C)C(C)(C)C)[C@H]2O1.CC1(C)O[C@H]2[C@@H]3OC(C)(C)O[C@H]3[C@H](OC(=O)CNC(=O)OCc3ccccc3)[C@@H](O[Si](C)(C)C(C)(C)C)[C@@H]2O1. The van der Waals surface area contributed by atoms with Gasteiger partial charge >= 0.3 is 24.1 Å². The van der Waals surface area contributed by atoms with Crippen LogP contribution in [0, 0.1) is 0 Å². The van der Waals surface area contributed by atoms with E-state index in [0.29, 0.717) is 0 Å². The number of nitrogens with one attached hydrogen (secondary N) is 2. The fraction of sp³-hybridized carbons (Fsp3) is 0.714. The van der Waals surface area contributed by atoms with Crippen molar-refractivity contribution in [3.05, 3.63) is 71.8 Å². The summed E-state index contributed by atoms with van der Waals surface area (Å²) in [5, 5.41) is 4.76. The second kappa shape index (κ2) is 23.1. The standard InChI is InChI=1S/2C28H43NO9Si/c1-26(2,3)39(8,9)38-24-19(33-18(30)15-29-25(31)32-16-17-13-11-10-12-14-17)20-21(35-27(4,5)34-20)22-23(24)37-28(6,7)36-22;1-26(2,3)39(8,9)38-24-22-20(34-27(4,5)36-22)19(21-23(24)37-28(6,7)35-21)33-18(30)15-29-25(31)32-16-17-13-11-10-12-14-17/h2*10-14,19-24H,15-16H2,1-9H3,(H,29,31)/t19-,20-,21+,22-,23+,24+;19?,20-,21+,22+,23-,24?/m0./s1. The molecule has 2 aromatic carbocycles. The Kier molecular flexibility index (Phi) is 18.2. The molecule has 2 aliphatic carbocycles. The minimum Gasteiger partial charge on any atom is -0.455 e. The van der Waals surface area contributed by atoms with Gasteiger partial charge in [0.2, 0.25) is 0 Å². The first-order chi connectivity index (χ1) is 36.0. The molecule has 2 aromatic rings. The maximum absolute atomic E-state index is 13.1. The van der Waals surface area contributed by atoms with Crippen LogP contribution in [0.2, 0.25) is 36.3 Å². The van der Waals surface area contributed by atoms with Gasteiger partial charge in [-0.25, -0.2) is 9.59 Å². The zero-order valence-corrected chi connectivity index (χ0v) is 50.9. The van der Waals surface area contributed by atoms with Gasteiger partial charge in [-0.2, -0.15) is 0 Å². The third-order valence-electron chi connectivity index (χ3n) is 15.4. The molecule has 6 fully saturated rings. The third kappa shape index (κ3) is 14.9. The Labute approximate surface area is 462 Å². The second-order valence-corrected chi connectivity index (χ2v) is 35.2. The summed E-state index contributed by atoms with van der Waals surface area (Å²) >= 11 is 0. The van der Waals surface area contributed by atoms with Gasteiger partial charge in [-0.15, -0.1) is 0 Å². The lowest BCUT2D eigenvalue weighted by Gasteiger charge is -2.47. The predicted molar refractivity (Wildman–Crippen MR) is 288 cm³/mol. The predicted octanol–water partition coefficient (Wildman–Crippen LogP) is 8.54. The van der Waals surface area contributed by atoms with Crippen molar-refractivity contribution < 1.29 is 84.9 Å². The maximum atomic E-state index is 13.1. The molecular weight excluding hydrogens is 1040 g/mol. The van der Waals surface area contributed by atoms with Crippen LogP contribution in [-0.2, 0) is 88.5 Å². The average Bonchev–Trinajstić information content (AvgIpc) is 4.06. The lowest BCUT2D eigenvalue weighted by Crippen LogP contribution is -2.66. The highest BCUT2D eigenvalue weighted by atomic mass is 28.4. The van der Waals surface area contributed by atoms with Crippen molar-refractivity contribution in [3.8, 4) is 0 Å². The van der Waals surface area contributed by atoms with Gasteiger partial charge in [0.05, 0.1) is 0 Å². The van der Waals surface area contributed by atoms with E-state index < -0.39 is 137 Å². The summed E-state index contributed by atoms with van der Waals surface area (Å²) in [7, 11) is -4.62. The Morgan fingerprint density at radius 2 is 0.718 bits per heavy atom. The number of hydrogen-bond acceptors (Lipinski definition) is 18. The van der Waals surface area contributed by atoms with E-state index in [-0.39, 0.29) is 36.4 Å².